The summed E-state index contributed by atoms with van der Waals surface area (Å²) in [6, 6.07) is 6.99. The highest BCUT2D eigenvalue weighted by molar-refractivity contribution is 9.10. The smallest absolute Gasteiger partial charge is 0.307 e. The highest BCUT2D eigenvalue weighted by Gasteiger charge is 2.48. The summed E-state index contributed by atoms with van der Waals surface area (Å²) >= 11 is 3.28. The van der Waals surface area contributed by atoms with Gasteiger partial charge in [-0.25, -0.2) is 0 Å². The molecule has 1 fully saturated rings. The first kappa shape index (κ1) is 10.4. The van der Waals surface area contributed by atoms with Gasteiger partial charge in [-0.1, -0.05) is 28.1 Å². The molecular weight excluding hydrogens is 260 g/mol. The van der Waals surface area contributed by atoms with Crippen LogP contribution in [0.2, 0.25) is 0 Å². The van der Waals surface area contributed by atoms with Gasteiger partial charge in [0.15, 0.2) is 5.78 Å². The molecule has 4 heteroatoms. The predicted octanol–water partition coefficient (Wildman–Crippen LogP) is 2.35. The van der Waals surface area contributed by atoms with Crippen LogP contribution in [-0.2, 0) is 4.79 Å². The highest BCUT2D eigenvalue weighted by atomic mass is 79.9. The maximum Gasteiger partial charge on any atom is 0.307 e. The zero-order valence-electron chi connectivity index (χ0n) is 7.81. The number of Topliss-reactive ketones (excluding diaryl/α,β-unsaturated/α-hetero) is 1. The first-order valence-electron chi connectivity index (χ1n) is 4.62. The molecule has 0 heterocycles. The van der Waals surface area contributed by atoms with Crippen molar-refractivity contribution in [1.82, 2.24) is 0 Å². The fourth-order valence-corrected chi connectivity index (χ4v) is 1.85. The number of carbonyl (C=O) groups is 2. The third kappa shape index (κ3) is 2.09. The molecule has 0 aromatic heterocycles. The van der Waals surface area contributed by atoms with Gasteiger partial charge in [0, 0.05) is 16.0 Å². The molecule has 2 atom stereocenters. The molecule has 1 saturated carbocycles. The minimum atomic E-state index is -0.870. The molecule has 0 unspecified atom stereocenters. The van der Waals surface area contributed by atoms with Gasteiger partial charge in [0.1, 0.15) is 0 Å². The summed E-state index contributed by atoms with van der Waals surface area (Å²) in [6.45, 7) is 0. The van der Waals surface area contributed by atoms with Crippen molar-refractivity contribution >= 4 is 27.7 Å². The molecule has 1 N–H and O–H groups in total. The molecular formula is C11H9BrO3. The molecule has 0 amide bonds. The van der Waals surface area contributed by atoms with Gasteiger partial charge in [-0.3, -0.25) is 9.59 Å². The standard InChI is InChI=1S/C11H9BrO3/c12-7-3-1-6(2-4-7)10(13)8-5-9(8)11(14)15/h1-4,8-9H,5H2,(H,14,15)/t8-,9-/m1/s1. The number of hydrogen-bond acceptors (Lipinski definition) is 2. The molecule has 3 nitrogen and oxygen atoms in total. The van der Waals surface area contributed by atoms with E-state index in [1.54, 1.807) is 24.3 Å². The Balaban J connectivity index is 2.10. The van der Waals surface area contributed by atoms with Gasteiger partial charge in [0.2, 0.25) is 0 Å². The number of benzene rings is 1. The van der Waals surface area contributed by atoms with E-state index >= 15 is 0 Å². The maximum absolute atomic E-state index is 11.8. The van der Waals surface area contributed by atoms with Crippen molar-refractivity contribution < 1.29 is 14.7 Å². The van der Waals surface area contributed by atoms with Crippen molar-refractivity contribution in [3.8, 4) is 0 Å². The maximum atomic E-state index is 11.8. The first-order chi connectivity index (χ1) is 7.09. The quantitative estimate of drug-likeness (QED) is 0.857. The van der Waals surface area contributed by atoms with Gasteiger partial charge >= 0.3 is 5.97 Å². The van der Waals surface area contributed by atoms with Gasteiger partial charge in [0.05, 0.1) is 5.92 Å². The van der Waals surface area contributed by atoms with Crippen LogP contribution < -0.4 is 0 Å². The highest BCUT2D eigenvalue weighted by Crippen LogP contribution is 2.41. The summed E-state index contributed by atoms with van der Waals surface area (Å²) in [5.41, 5.74) is 0.590. The largest absolute Gasteiger partial charge is 0.481 e. The summed E-state index contributed by atoms with van der Waals surface area (Å²) in [5, 5.41) is 8.70. The number of ketones is 1. The lowest BCUT2D eigenvalue weighted by atomic mass is 10.1. The van der Waals surface area contributed by atoms with Crippen molar-refractivity contribution in [2.75, 3.05) is 0 Å². The number of halogens is 1. The summed E-state index contributed by atoms with van der Waals surface area (Å²) < 4.78 is 0.907. The third-order valence-corrected chi connectivity index (χ3v) is 3.10. The molecule has 0 radical (unpaired) electrons. The molecule has 1 aromatic carbocycles. The molecule has 1 aromatic rings. The van der Waals surface area contributed by atoms with Crippen LogP contribution in [-0.4, -0.2) is 16.9 Å². The first-order valence-corrected chi connectivity index (χ1v) is 5.41. The van der Waals surface area contributed by atoms with Crippen LogP contribution in [0.3, 0.4) is 0 Å². The van der Waals surface area contributed by atoms with E-state index in [-0.39, 0.29) is 11.7 Å². The predicted molar refractivity (Wildman–Crippen MR) is 57.7 cm³/mol. The van der Waals surface area contributed by atoms with E-state index in [0.29, 0.717) is 12.0 Å². The van der Waals surface area contributed by atoms with Crippen LogP contribution in [0.1, 0.15) is 16.8 Å². The molecule has 0 aliphatic heterocycles. The fourth-order valence-electron chi connectivity index (χ4n) is 1.59. The Kier molecular flexibility index (Phi) is 2.61. The van der Waals surface area contributed by atoms with Gasteiger partial charge < -0.3 is 5.11 Å². The van der Waals surface area contributed by atoms with Crippen LogP contribution in [0.25, 0.3) is 0 Å². The Morgan fingerprint density at radius 2 is 1.80 bits per heavy atom. The average molecular weight is 269 g/mol. The van der Waals surface area contributed by atoms with Crippen LogP contribution in [0.15, 0.2) is 28.7 Å². The molecule has 0 spiro atoms. The van der Waals surface area contributed by atoms with Crippen LogP contribution in [0.5, 0.6) is 0 Å². The topological polar surface area (TPSA) is 54.4 Å². The van der Waals surface area contributed by atoms with Gasteiger partial charge in [-0.2, -0.15) is 0 Å². The Labute approximate surface area is 95.2 Å². The van der Waals surface area contributed by atoms with Crippen molar-refractivity contribution in [2.24, 2.45) is 11.8 Å². The Morgan fingerprint density at radius 1 is 1.20 bits per heavy atom. The molecule has 0 saturated heterocycles. The number of carboxylic acids is 1. The minimum Gasteiger partial charge on any atom is -0.481 e. The third-order valence-electron chi connectivity index (χ3n) is 2.57. The van der Waals surface area contributed by atoms with E-state index in [9.17, 15) is 9.59 Å². The molecule has 1 aliphatic carbocycles. The van der Waals surface area contributed by atoms with E-state index in [4.69, 9.17) is 5.11 Å². The van der Waals surface area contributed by atoms with E-state index < -0.39 is 11.9 Å². The molecule has 0 bridgehead atoms. The van der Waals surface area contributed by atoms with Crippen LogP contribution >= 0.6 is 15.9 Å². The van der Waals surface area contributed by atoms with E-state index in [0.717, 1.165) is 4.47 Å². The lowest BCUT2D eigenvalue weighted by Crippen LogP contribution is -2.07. The zero-order valence-corrected chi connectivity index (χ0v) is 9.40. The number of carboxylic acid groups (broad SMARTS) is 1. The lowest BCUT2D eigenvalue weighted by molar-refractivity contribution is -0.138. The monoisotopic (exact) mass is 268 g/mol. The molecule has 1 aliphatic rings. The van der Waals surface area contributed by atoms with Crippen molar-refractivity contribution in [3.05, 3.63) is 34.3 Å². The Morgan fingerprint density at radius 3 is 2.27 bits per heavy atom. The van der Waals surface area contributed by atoms with Gasteiger partial charge in [0.25, 0.3) is 0 Å². The number of rotatable bonds is 3. The fraction of sp³-hybridized carbons (Fsp3) is 0.273. The lowest BCUT2D eigenvalue weighted by Gasteiger charge is -1.98. The second-order valence-corrected chi connectivity index (χ2v) is 4.57. The van der Waals surface area contributed by atoms with Crippen molar-refractivity contribution in [2.45, 2.75) is 6.42 Å². The molecule has 2 rings (SSSR count). The summed E-state index contributed by atoms with van der Waals surface area (Å²) in [4.78, 5) is 22.4. The summed E-state index contributed by atoms with van der Waals surface area (Å²) in [5.74, 6) is -1.72. The average Bonchev–Trinajstić information content (AvgIpc) is 2.97. The van der Waals surface area contributed by atoms with E-state index in [1.165, 1.54) is 0 Å². The van der Waals surface area contributed by atoms with Gasteiger partial charge in [-0.05, 0) is 18.6 Å². The second-order valence-electron chi connectivity index (χ2n) is 3.66. The summed E-state index contributed by atoms with van der Waals surface area (Å²) in [7, 11) is 0. The molecule has 78 valence electrons. The normalized spacial score (nSPS) is 23.5. The number of carbonyl (C=O) groups excluding carboxylic acids is 1. The number of hydrogen-bond donors (Lipinski definition) is 1. The zero-order chi connectivity index (χ0) is 11.0. The second kappa shape index (κ2) is 3.77. The van der Waals surface area contributed by atoms with Crippen molar-refractivity contribution in [3.63, 3.8) is 0 Å². The SMILES string of the molecule is O=C(O)[C@@H]1C[C@H]1C(=O)c1ccc(Br)cc1. The number of aliphatic carboxylic acids is 1. The molecule has 15 heavy (non-hydrogen) atoms. The van der Waals surface area contributed by atoms with Crippen LogP contribution in [0, 0.1) is 11.8 Å². The van der Waals surface area contributed by atoms with Crippen LogP contribution in [0.4, 0.5) is 0 Å². The van der Waals surface area contributed by atoms with Gasteiger partial charge in [-0.15, -0.1) is 0 Å². The Hall–Kier alpha value is -1.16. The summed E-state index contributed by atoms with van der Waals surface area (Å²) in [6.07, 6.45) is 0.476. The minimum absolute atomic E-state index is 0.0603. The van der Waals surface area contributed by atoms with E-state index in [2.05, 4.69) is 15.9 Å². The van der Waals surface area contributed by atoms with Crippen molar-refractivity contribution in [1.29, 1.82) is 0 Å². The van der Waals surface area contributed by atoms with E-state index in [1.807, 2.05) is 0 Å². The Bertz CT molecular complexity index is 410.